The zero-order chi connectivity index (χ0) is 18.6. The third-order valence-corrected chi connectivity index (χ3v) is 3.50. The molecule has 0 saturated carbocycles. The van der Waals surface area contributed by atoms with Gasteiger partial charge >= 0.3 is 6.18 Å². The van der Waals surface area contributed by atoms with Crippen molar-refractivity contribution in [3.63, 3.8) is 0 Å². The third kappa shape index (κ3) is 4.64. The van der Waals surface area contributed by atoms with Crippen LogP contribution in [0.4, 0.5) is 19.0 Å². The number of halogens is 3. The van der Waals surface area contributed by atoms with E-state index in [2.05, 4.69) is 21.9 Å². The number of ether oxygens (including phenoxy) is 2. The summed E-state index contributed by atoms with van der Waals surface area (Å²) in [6.07, 6.45) is -6.98. The van der Waals surface area contributed by atoms with E-state index < -0.39 is 49.1 Å². The fraction of sp³-hybridized carbons (Fsp3) is 0.571. The lowest BCUT2D eigenvalue weighted by Gasteiger charge is -2.42. The molecular formula is C14H18F3N3O5. The molecule has 1 saturated heterocycles. The average molecular weight is 365 g/mol. The zero-order valence-corrected chi connectivity index (χ0v) is 12.9. The monoisotopic (exact) mass is 365 g/mol. The van der Waals surface area contributed by atoms with E-state index in [0.717, 1.165) is 6.20 Å². The van der Waals surface area contributed by atoms with Gasteiger partial charge in [0.2, 0.25) is 0 Å². The molecule has 0 unspecified atom stereocenters. The molecule has 0 aromatic carbocycles. The standard InChI is InChI=1S/C14H18F3N3O5/c1-2-3-24-13-10(12(23)11(22)7(6-21)25-13)20-9-5-18-4-8(19-9)14(15,16)17/h2,4-5,7,10-13,21-23H,1,3,6H2,(H,19,20)/t7-,10-,11+,12-,13+/m1/s1. The maximum atomic E-state index is 12.7. The number of nitrogens with zero attached hydrogens (tertiary/aromatic N) is 2. The number of nitrogens with one attached hydrogen (secondary N) is 1. The van der Waals surface area contributed by atoms with Crippen molar-refractivity contribution in [2.24, 2.45) is 0 Å². The lowest BCUT2D eigenvalue weighted by atomic mass is 9.97. The second-order valence-corrected chi connectivity index (χ2v) is 5.29. The Morgan fingerprint density at radius 2 is 2.04 bits per heavy atom. The van der Waals surface area contributed by atoms with Crippen molar-refractivity contribution in [2.75, 3.05) is 18.5 Å². The van der Waals surface area contributed by atoms with E-state index in [4.69, 9.17) is 9.47 Å². The van der Waals surface area contributed by atoms with Crippen molar-refractivity contribution in [3.8, 4) is 0 Å². The number of aliphatic hydroxyl groups excluding tert-OH is 3. The Bertz CT molecular complexity index is 589. The highest BCUT2D eigenvalue weighted by atomic mass is 19.4. The van der Waals surface area contributed by atoms with E-state index >= 15 is 0 Å². The summed E-state index contributed by atoms with van der Waals surface area (Å²) in [4.78, 5) is 6.83. The molecule has 11 heteroatoms. The number of hydrogen-bond donors (Lipinski definition) is 4. The lowest BCUT2D eigenvalue weighted by molar-refractivity contribution is -0.259. The van der Waals surface area contributed by atoms with Crippen LogP contribution in [0.15, 0.2) is 25.0 Å². The molecule has 5 atom stereocenters. The molecule has 0 spiro atoms. The van der Waals surface area contributed by atoms with Crippen molar-refractivity contribution in [2.45, 2.75) is 36.8 Å². The highest BCUT2D eigenvalue weighted by molar-refractivity contribution is 5.35. The van der Waals surface area contributed by atoms with Gasteiger partial charge in [0.15, 0.2) is 12.0 Å². The third-order valence-electron chi connectivity index (χ3n) is 3.50. The normalized spacial score (nSPS) is 30.1. The molecule has 1 aliphatic heterocycles. The Hall–Kier alpha value is -1.79. The number of alkyl halides is 3. The molecule has 0 bridgehead atoms. The van der Waals surface area contributed by atoms with E-state index in [1.807, 2.05) is 0 Å². The number of aliphatic hydroxyl groups is 3. The maximum Gasteiger partial charge on any atom is 0.434 e. The molecular weight excluding hydrogens is 347 g/mol. The fourth-order valence-corrected chi connectivity index (χ4v) is 2.28. The first-order chi connectivity index (χ1) is 11.8. The first kappa shape index (κ1) is 19.5. The number of rotatable bonds is 6. The summed E-state index contributed by atoms with van der Waals surface area (Å²) < 4.78 is 48.8. The minimum Gasteiger partial charge on any atom is -0.394 e. The summed E-state index contributed by atoms with van der Waals surface area (Å²) in [5, 5.41) is 31.9. The average Bonchev–Trinajstić information content (AvgIpc) is 2.58. The number of hydrogen-bond acceptors (Lipinski definition) is 8. The van der Waals surface area contributed by atoms with Gasteiger partial charge in [-0.15, -0.1) is 6.58 Å². The molecule has 4 N–H and O–H groups in total. The summed E-state index contributed by atoms with van der Waals surface area (Å²) in [7, 11) is 0. The number of anilines is 1. The van der Waals surface area contributed by atoms with E-state index in [0.29, 0.717) is 6.20 Å². The van der Waals surface area contributed by atoms with Crippen LogP contribution in [0.2, 0.25) is 0 Å². The van der Waals surface area contributed by atoms with Crippen LogP contribution in [-0.4, -0.2) is 69.1 Å². The van der Waals surface area contributed by atoms with Gasteiger partial charge in [0, 0.05) is 0 Å². The van der Waals surface area contributed by atoms with Gasteiger partial charge in [-0.1, -0.05) is 6.08 Å². The van der Waals surface area contributed by atoms with Crippen LogP contribution in [0, 0.1) is 0 Å². The highest BCUT2D eigenvalue weighted by Crippen LogP contribution is 2.29. The van der Waals surface area contributed by atoms with Crippen molar-refractivity contribution >= 4 is 5.82 Å². The van der Waals surface area contributed by atoms with Crippen molar-refractivity contribution in [3.05, 3.63) is 30.7 Å². The van der Waals surface area contributed by atoms with Crippen LogP contribution >= 0.6 is 0 Å². The van der Waals surface area contributed by atoms with Gasteiger partial charge in [-0.05, 0) is 0 Å². The SMILES string of the molecule is C=CCO[C@H]1O[C@H](CO)[C@H](O)[C@H](O)[C@H]1Nc1cncc(C(F)(F)F)n1. The summed E-state index contributed by atoms with van der Waals surface area (Å²) in [5.41, 5.74) is -1.22. The molecule has 1 aromatic heterocycles. The number of aromatic nitrogens is 2. The van der Waals surface area contributed by atoms with Crippen LogP contribution in [0.1, 0.15) is 5.69 Å². The Morgan fingerprint density at radius 1 is 1.32 bits per heavy atom. The van der Waals surface area contributed by atoms with Gasteiger partial charge in [-0.2, -0.15) is 13.2 Å². The van der Waals surface area contributed by atoms with Gasteiger partial charge in [0.05, 0.1) is 25.6 Å². The second kappa shape index (κ2) is 8.06. The smallest absolute Gasteiger partial charge is 0.394 e. The highest BCUT2D eigenvalue weighted by Gasteiger charge is 2.45. The molecule has 2 heterocycles. The van der Waals surface area contributed by atoms with Crippen LogP contribution in [0.3, 0.4) is 0 Å². The topological polar surface area (TPSA) is 117 Å². The molecule has 0 amide bonds. The van der Waals surface area contributed by atoms with E-state index in [1.54, 1.807) is 0 Å². The summed E-state index contributed by atoms with van der Waals surface area (Å²) >= 11 is 0. The predicted octanol–water partition coefficient (Wildman–Crippen LogP) is -0.0825. The maximum absolute atomic E-state index is 12.7. The van der Waals surface area contributed by atoms with E-state index in [9.17, 15) is 28.5 Å². The van der Waals surface area contributed by atoms with E-state index in [-0.39, 0.29) is 12.4 Å². The van der Waals surface area contributed by atoms with Gasteiger partial charge in [-0.3, -0.25) is 4.98 Å². The molecule has 140 valence electrons. The minimum absolute atomic E-state index is 0.0120. The molecule has 1 aromatic rings. The Morgan fingerprint density at radius 3 is 2.64 bits per heavy atom. The Kier molecular flexibility index (Phi) is 6.30. The van der Waals surface area contributed by atoms with Gasteiger partial charge in [-0.25, -0.2) is 4.98 Å². The van der Waals surface area contributed by atoms with Gasteiger partial charge < -0.3 is 30.1 Å². The van der Waals surface area contributed by atoms with Gasteiger partial charge in [0.1, 0.15) is 30.2 Å². The van der Waals surface area contributed by atoms with Crippen LogP contribution in [-0.2, 0) is 15.7 Å². The largest absolute Gasteiger partial charge is 0.434 e. The Balaban J connectivity index is 2.22. The first-order valence-corrected chi connectivity index (χ1v) is 7.28. The first-order valence-electron chi connectivity index (χ1n) is 7.28. The summed E-state index contributed by atoms with van der Waals surface area (Å²) in [6.45, 7) is 2.89. The Labute approximate surface area is 140 Å². The van der Waals surface area contributed by atoms with Crippen LogP contribution < -0.4 is 5.32 Å². The van der Waals surface area contributed by atoms with Crippen molar-refractivity contribution < 1.29 is 38.0 Å². The molecule has 1 aliphatic rings. The zero-order valence-electron chi connectivity index (χ0n) is 12.9. The fourth-order valence-electron chi connectivity index (χ4n) is 2.28. The summed E-state index contributed by atoms with van der Waals surface area (Å²) in [5.74, 6) is -0.288. The quantitative estimate of drug-likeness (QED) is 0.517. The molecule has 25 heavy (non-hydrogen) atoms. The van der Waals surface area contributed by atoms with Crippen molar-refractivity contribution in [1.29, 1.82) is 0 Å². The van der Waals surface area contributed by atoms with Crippen LogP contribution in [0.25, 0.3) is 0 Å². The minimum atomic E-state index is -4.69. The lowest BCUT2D eigenvalue weighted by Crippen LogP contribution is -2.61. The predicted molar refractivity (Wildman–Crippen MR) is 78.4 cm³/mol. The molecule has 0 aliphatic carbocycles. The molecule has 8 nitrogen and oxygen atoms in total. The van der Waals surface area contributed by atoms with E-state index in [1.165, 1.54) is 6.08 Å². The molecule has 1 fully saturated rings. The molecule has 0 radical (unpaired) electrons. The summed E-state index contributed by atoms with van der Waals surface area (Å²) in [6, 6.07) is -1.16. The molecule has 2 rings (SSSR count). The van der Waals surface area contributed by atoms with Crippen LogP contribution in [0.5, 0.6) is 0 Å². The van der Waals surface area contributed by atoms with Gasteiger partial charge in [0.25, 0.3) is 0 Å². The van der Waals surface area contributed by atoms with Crippen molar-refractivity contribution in [1.82, 2.24) is 9.97 Å². The second-order valence-electron chi connectivity index (χ2n) is 5.29.